The highest BCUT2D eigenvalue weighted by Crippen LogP contribution is 2.18. The molecule has 1 aliphatic rings. The number of hydrogen-bond acceptors (Lipinski definition) is 3. The molecule has 90 valence electrons. The maximum absolute atomic E-state index is 12.1. The molecule has 17 heavy (non-hydrogen) atoms. The molecule has 3 nitrogen and oxygen atoms in total. The molecule has 2 rings (SSSR count). The molecule has 1 aromatic rings. The molecule has 1 heterocycles. The van der Waals surface area contributed by atoms with Gasteiger partial charge in [0.2, 0.25) is 5.78 Å². The van der Waals surface area contributed by atoms with Crippen LogP contribution in [0.3, 0.4) is 0 Å². The van der Waals surface area contributed by atoms with Gasteiger partial charge in [0.15, 0.2) is 0 Å². The van der Waals surface area contributed by atoms with Crippen LogP contribution in [0.1, 0.15) is 43.0 Å². The van der Waals surface area contributed by atoms with E-state index in [0.717, 1.165) is 19.3 Å². The molecule has 0 N–H and O–H groups in total. The van der Waals surface area contributed by atoms with Gasteiger partial charge in [0.1, 0.15) is 11.8 Å². The van der Waals surface area contributed by atoms with Crippen LogP contribution in [-0.2, 0) is 4.84 Å². The zero-order chi connectivity index (χ0) is 12.1. The molecule has 0 fully saturated rings. The molecule has 1 aromatic carbocycles. The minimum Gasteiger partial charge on any atom is -0.392 e. The van der Waals surface area contributed by atoms with Crippen molar-refractivity contribution >= 4 is 11.5 Å². The Morgan fingerprint density at radius 3 is 2.88 bits per heavy atom. The predicted octanol–water partition coefficient (Wildman–Crippen LogP) is 3.20. The van der Waals surface area contributed by atoms with Gasteiger partial charge in [0.25, 0.3) is 0 Å². The summed E-state index contributed by atoms with van der Waals surface area (Å²) in [7, 11) is 0. The number of carbonyl (C=O) groups excluding carboxylic acids is 1. The van der Waals surface area contributed by atoms with Crippen molar-refractivity contribution in [2.45, 2.75) is 38.7 Å². The number of rotatable bonds is 5. The first-order valence-corrected chi connectivity index (χ1v) is 6.13. The molecule has 3 heteroatoms. The Morgan fingerprint density at radius 1 is 1.41 bits per heavy atom. The van der Waals surface area contributed by atoms with Crippen LogP contribution in [0.15, 0.2) is 35.5 Å². The van der Waals surface area contributed by atoms with Gasteiger partial charge in [0, 0.05) is 12.0 Å². The first kappa shape index (κ1) is 11.8. The lowest BCUT2D eigenvalue weighted by molar-refractivity contribution is 0.0774. The number of carbonyl (C=O) groups is 1. The molecule has 0 aliphatic carbocycles. The lowest BCUT2D eigenvalue weighted by atomic mass is 10.0. The highest BCUT2D eigenvalue weighted by Gasteiger charge is 2.25. The van der Waals surface area contributed by atoms with Crippen LogP contribution in [0.5, 0.6) is 0 Å². The van der Waals surface area contributed by atoms with Crippen LogP contribution in [0.4, 0.5) is 0 Å². The van der Waals surface area contributed by atoms with Crippen molar-refractivity contribution in [3.63, 3.8) is 0 Å². The minimum atomic E-state index is -0.00963. The summed E-state index contributed by atoms with van der Waals surface area (Å²) in [6.07, 6.45) is 3.98. The van der Waals surface area contributed by atoms with Crippen LogP contribution in [0.25, 0.3) is 0 Å². The Balaban J connectivity index is 1.95. The topological polar surface area (TPSA) is 38.7 Å². The number of Topliss-reactive ketones (excluding diaryl/α,β-unsaturated/α-hetero) is 1. The molecule has 1 unspecified atom stereocenters. The fourth-order valence-corrected chi connectivity index (χ4v) is 1.91. The third kappa shape index (κ3) is 2.93. The minimum absolute atomic E-state index is 0.00963. The molecule has 0 radical (unpaired) electrons. The van der Waals surface area contributed by atoms with Gasteiger partial charge in [-0.05, 0) is 12.8 Å². The Hall–Kier alpha value is -1.64. The molecular weight excluding hydrogens is 214 g/mol. The van der Waals surface area contributed by atoms with E-state index in [1.54, 1.807) is 0 Å². The zero-order valence-electron chi connectivity index (χ0n) is 10.1. The van der Waals surface area contributed by atoms with Crippen molar-refractivity contribution in [2.24, 2.45) is 5.16 Å². The van der Waals surface area contributed by atoms with E-state index in [0.29, 0.717) is 17.7 Å². The van der Waals surface area contributed by atoms with E-state index in [1.165, 1.54) is 0 Å². The van der Waals surface area contributed by atoms with Crippen molar-refractivity contribution in [3.05, 3.63) is 35.9 Å². The van der Waals surface area contributed by atoms with Gasteiger partial charge in [-0.1, -0.05) is 48.8 Å². The lowest BCUT2D eigenvalue weighted by Gasteiger charge is -2.05. The second-order valence-electron chi connectivity index (χ2n) is 4.31. The summed E-state index contributed by atoms with van der Waals surface area (Å²) in [5.74, 6) is -0.00963. The van der Waals surface area contributed by atoms with E-state index >= 15 is 0 Å². The number of benzene rings is 1. The van der Waals surface area contributed by atoms with Crippen molar-refractivity contribution in [2.75, 3.05) is 0 Å². The molecule has 0 spiro atoms. The fraction of sp³-hybridized carbons (Fsp3) is 0.429. The van der Waals surface area contributed by atoms with Crippen LogP contribution >= 0.6 is 0 Å². The second kappa shape index (κ2) is 5.62. The molecular formula is C14H17NO2. The molecule has 0 amide bonds. The summed E-state index contributed by atoms with van der Waals surface area (Å²) in [6.45, 7) is 2.14. The van der Waals surface area contributed by atoms with Crippen LogP contribution in [0, 0.1) is 0 Å². The third-order valence-corrected chi connectivity index (χ3v) is 2.91. The molecule has 0 bridgehead atoms. The quantitative estimate of drug-likeness (QED) is 0.730. The number of hydrogen-bond donors (Lipinski definition) is 0. The van der Waals surface area contributed by atoms with Crippen LogP contribution in [0.2, 0.25) is 0 Å². The Labute approximate surface area is 101 Å². The second-order valence-corrected chi connectivity index (χ2v) is 4.31. The van der Waals surface area contributed by atoms with Crippen LogP contribution < -0.4 is 0 Å². The largest absolute Gasteiger partial charge is 0.392 e. The van der Waals surface area contributed by atoms with Gasteiger partial charge in [-0.2, -0.15) is 0 Å². The van der Waals surface area contributed by atoms with Gasteiger partial charge in [-0.15, -0.1) is 0 Å². The summed E-state index contributed by atoms with van der Waals surface area (Å²) in [5.41, 5.74) is 1.24. The highest BCUT2D eigenvalue weighted by molar-refractivity contribution is 6.46. The van der Waals surface area contributed by atoms with Crippen molar-refractivity contribution in [3.8, 4) is 0 Å². The molecule has 0 saturated carbocycles. The average molecular weight is 231 g/mol. The third-order valence-electron chi connectivity index (χ3n) is 2.91. The summed E-state index contributed by atoms with van der Waals surface area (Å²) >= 11 is 0. The average Bonchev–Trinajstić information content (AvgIpc) is 2.85. The highest BCUT2D eigenvalue weighted by atomic mass is 16.6. The monoisotopic (exact) mass is 231 g/mol. The number of unbranched alkanes of at least 4 members (excludes halogenated alkanes) is 1. The Bertz CT molecular complexity index is 411. The van der Waals surface area contributed by atoms with E-state index in [2.05, 4.69) is 12.1 Å². The Morgan fingerprint density at radius 2 is 2.18 bits per heavy atom. The van der Waals surface area contributed by atoms with Crippen molar-refractivity contribution in [1.29, 1.82) is 0 Å². The van der Waals surface area contributed by atoms with Gasteiger partial charge in [-0.25, -0.2) is 0 Å². The first-order valence-electron chi connectivity index (χ1n) is 6.13. The maximum Gasteiger partial charge on any atom is 0.210 e. The lowest BCUT2D eigenvalue weighted by Crippen LogP contribution is -2.15. The van der Waals surface area contributed by atoms with E-state index < -0.39 is 0 Å². The van der Waals surface area contributed by atoms with Crippen molar-refractivity contribution in [1.82, 2.24) is 0 Å². The predicted molar refractivity (Wildman–Crippen MR) is 67.2 cm³/mol. The summed E-state index contributed by atoms with van der Waals surface area (Å²) < 4.78 is 0. The van der Waals surface area contributed by atoms with Gasteiger partial charge >= 0.3 is 0 Å². The van der Waals surface area contributed by atoms with Crippen LogP contribution in [-0.4, -0.2) is 17.6 Å². The molecule has 1 atom stereocenters. The SMILES string of the molecule is CCCCC1CC(C(=O)c2ccccc2)=NO1. The number of oxime groups is 1. The smallest absolute Gasteiger partial charge is 0.210 e. The van der Waals surface area contributed by atoms with E-state index in [4.69, 9.17) is 4.84 Å². The standard InChI is InChI=1S/C14H17NO2/c1-2-3-9-12-10-13(15-17-12)14(16)11-7-5-4-6-8-11/h4-8,12H,2-3,9-10H2,1H3. The number of nitrogens with zero attached hydrogens (tertiary/aromatic N) is 1. The van der Waals surface area contributed by atoms with Crippen molar-refractivity contribution < 1.29 is 9.63 Å². The molecule has 1 aliphatic heterocycles. The fourth-order valence-electron chi connectivity index (χ4n) is 1.91. The number of ketones is 1. The molecule has 0 saturated heterocycles. The maximum atomic E-state index is 12.1. The van der Waals surface area contributed by atoms with Gasteiger partial charge in [0.05, 0.1) is 0 Å². The molecule has 0 aromatic heterocycles. The summed E-state index contributed by atoms with van der Waals surface area (Å²) in [6, 6.07) is 9.23. The van der Waals surface area contributed by atoms with E-state index in [-0.39, 0.29) is 11.9 Å². The van der Waals surface area contributed by atoms with Gasteiger partial charge < -0.3 is 4.84 Å². The summed E-state index contributed by atoms with van der Waals surface area (Å²) in [4.78, 5) is 17.3. The first-order chi connectivity index (χ1) is 8.31. The normalized spacial score (nSPS) is 18.6. The van der Waals surface area contributed by atoms with Gasteiger partial charge in [-0.3, -0.25) is 4.79 Å². The summed E-state index contributed by atoms with van der Waals surface area (Å²) in [5, 5.41) is 3.91. The van der Waals surface area contributed by atoms with E-state index in [9.17, 15) is 4.79 Å². The zero-order valence-corrected chi connectivity index (χ0v) is 10.1. The van der Waals surface area contributed by atoms with E-state index in [1.807, 2.05) is 30.3 Å². The Kier molecular flexibility index (Phi) is 3.91.